The maximum Gasteiger partial charge on any atom is 0.411 e. The molecule has 13 heteroatoms. The Kier molecular flexibility index (Phi) is 7.81. The number of rotatable bonds is 9. The Labute approximate surface area is 211 Å². The lowest BCUT2D eigenvalue weighted by molar-refractivity contribution is -0.174. The SMILES string of the molecule is Cc1ccc(Nc2nc(N3CCC[C@H](C(=O)O)C3)nc3c(C(C)C)nn(CCOCC(F)(F)F)c23)nc1. The first-order valence-electron chi connectivity index (χ1n) is 12.1. The van der Waals surface area contributed by atoms with Gasteiger partial charge in [0.2, 0.25) is 5.95 Å². The number of nitrogens with zero attached hydrogens (tertiary/aromatic N) is 6. The van der Waals surface area contributed by atoms with Crippen LogP contribution in [0, 0.1) is 12.8 Å². The summed E-state index contributed by atoms with van der Waals surface area (Å²) in [6.07, 6.45) is -1.45. The molecule has 3 aromatic heterocycles. The minimum atomic E-state index is -4.42. The first-order valence-corrected chi connectivity index (χ1v) is 12.1. The Balaban J connectivity index is 1.77. The van der Waals surface area contributed by atoms with Gasteiger partial charge in [0.15, 0.2) is 5.82 Å². The number of ether oxygens (including phenoxy) is 1. The monoisotopic (exact) mass is 521 g/mol. The number of aromatic nitrogens is 5. The Bertz CT molecular complexity index is 1250. The molecule has 0 aliphatic carbocycles. The number of carboxylic acid groups (broad SMARTS) is 1. The Morgan fingerprint density at radius 2 is 2.08 bits per heavy atom. The molecule has 0 unspecified atom stereocenters. The van der Waals surface area contributed by atoms with Gasteiger partial charge in [-0.3, -0.25) is 9.48 Å². The van der Waals surface area contributed by atoms with Gasteiger partial charge in [0, 0.05) is 19.3 Å². The fraction of sp³-hybridized carbons (Fsp3) is 0.542. The number of piperidine rings is 1. The number of nitrogens with one attached hydrogen (secondary N) is 1. The molecule has 2 N–H and O–H groups in total. The predicted molar refractivity (Wildman–Crippen MR) is 131 cm³/mol. The summed E-state index contributed by atoms with van der Waals surface area (Å²) in [5, 5.41) is 17.4. The van der Waals surface area contributed by atoms with E-state index >= 15 is 0 Å². The number of hydrogen-bond acceptors (Lipinski definition) is 8. The van der Waals surface area contributed by atoms with E-state index in [0.29, 0.717) is 53.7 Å². The van der Waals surface area contributed by atoms with Crippen molar-refractivity contribution in [3.05, 3.63) is 29.6 Å². The van der Waals surface area contributed by atoms with E-state index in [1.54, 1.807) is 16.9 Å². The summed E-state index contributed by atoms with van der Waals surface area (Å²) >= 11 is 0. The maximum absolute atomic E-state index is 12.6. The summed E-state index contributed by atoms with van der Waals surface area (Å²) in [7, 11) is 0. The van der Waals surface area contributed by atoms with Gasteiger partial charge in [-0.05, 0) is 37.3 Å². The third kappa shape index (κ3) is 6.45. The van der Waals surface area contributed by atoms with Crippen LogP contribution in [0.2, 0.25) is 0 Å². The van der Waals surface area contributed by atoms with Gasteiger partial charge >= 0.3 is 12.1 Å². The zero-order valence-corrected chi connectivity index (χ0v) is 20.9. The van der Waals surface area contributed by atoms with Crippen LogP contribution in [0.5, 0.6) is 0 Å². The van der Waals surface area contributed by atoms with Gasteiger partial charge in [-0.1, -0.05) is 19.9 Å². The molecule has 0 spiro atoms. The van der Waals surface area contributed by atoms with Crippen molar-refractivity contribution in [2.75, 3.05) is 36.5 Å². The van der Waals surface area contributed by atoms with Gasteiger partial charge in [-0.2, -0.15) is 23.3 Å². The number of aryl methyl sites for hydroxylation is 1. The largest absolute Gasteiger partial charge is 0.481 e. The molecule has 1 aliphatic heterocycles. The van der Waals surface area contributed by atoms with Crippen molar-refractivity contribution in [2.45, 2.75) is 52.3 Å². The molecule has 4 rings (SSSR count). The molecule has 37 heavy (non-hydrogen) atoms. The van der Waals surface area contributed by atoms with Gasteiger partial charge in [0.05, 0.1) is 24.8 Å². The number of pyridine rings is 1. The Morgan fingerprint density at radius 3 is 2.73 bits per heavy atom. The van der Waals surface area contributed by atoms with Crippen LogP contribution in [-0.2, 0) is 16.1 Å². The summed E-state index contributed by atoms with van der Waals surface area (Å²) < 4.78 is 44.0. The Hall–Kier alpha value is -3.48. The van der Waals surface area contributed by atoms with Crippen molar-refractivity contribution in [3.63, 3.8) is 0 Å². The molecule has 0 bridgehead atoms. The van der Waals surface area contributed by atoms with Crippen LogP contribution in [-0.4, -0.2) is 68.3 Å². The van der Waals surface area contributed by atoms with Crippen LogP contribution in [0.1, 0.15) is 43.9 Å². The van der Waals surface area contributed by atoms with Crippen LogP contribution < -0.4 is 10.2 Å². The number of alkyl halides is 3. The first-order chi connectivity index (χ1) is 17.5. The zero-order valence-electron chi connectivity index (χ0n) is 20.9. The molecule has 1 fully saturated rings. The molecule has 0 amide bonds. The van der Waals surface area contributed by atoms with Crippen molar-refractivity contribution in [2.24, 2.45) is 5.92 Å². The average Bonchev–Trinajstić information content (AvgIpc) is 3.22. The van der Waals surface area contributed by atoms with E-state index in [0.717, 1.165) is 5.56 Å². The van der Waals surface area contributed by atoms with E-state index in [2.05, 4.69) is 15.4 Å². The van der Waals surface area contributed by atoms with E-state index in [4.69, 9.17) is 14.7 Å². The minimum absolute atomic E-state index is 0.0407. The van der Waals surface area contributed by atoms with Crippen LogP contribution in [0.3, 0.4) is 0 Å². The second kappa shape index (κ2) is 10.9. The highest BCUT2D eigenvalue weighted by Gasteiger charge is 2.30. The van der Waals surface area contributed by atoms with Crippen molar-refractivity contribution < 1.29 is 27.8 Å². The third-order valence-electron chi connectivity index (χ3n) is 6.07. The lowest BCUT2D eigenvalue weighted by Gasteiger charge is -2.31. The number of carboxylic acids is 1. The Morgan fingerprint density at radius 1 is 1.30 bits per heavy atom. The first kappa shape index (κ1) is 26.6. The van der Waals surface area contributed by atoms with Crippen LogP contribution in [0.15, 0.2) is 18.3 Å². The van der Waals surface area contributed by atoms with E-state index in [-0.39, 0.29) is 25.6 Å². The molecule has 0 radical (unpaired) electrons. The van der Waals surface area contributed by atoms with Gasteiger partial charge in [0.1, 0.15) is 23.5 Å². The van der Waals surface area contributed by atoms with E-state index in [1.807, 2.05) is 31.7 Å². The lowest BCUT2D eigenvalue weighted by Crippen LogP contribution is -2.39. The van der Waals surface area contributed by atoms with Crippen molar-refractivity contribution in [3.8, 4) is 0 Å². The molecule has 3 aromatic rings. The summed E-state index contributed by atoms with van der Waals surface area (Å²) in [5.41, 5.74) is 2.68. The predicted octanol–water partition coefficient (Wildman–Crippen LogP) is 4.28. The molecule has 4 heterocycles. The number of halogens is 3. The molecule has 0 saturated carbocycles. The van der Waals surface area contributed by atoms with E-state index in [9.17, 15) is 23.1 Å². The van der Waals surface area contributed by atoms with Crippen molar-refractivity contribution >= 4 is 34.6 Å². The van der Waals surface area contributed by atoms with Gasteiger partial charge in [-0.25, -0.2) is 9.97 Å². The smallest absolute Gasteiger partial charge is 0.411 e. The molecule has 10 nitrogen and oxygen atoms in total. The van der Waals surface area contributed by atoms with E-state index < -0.39 is 24.7 Å². The molecule has 1 atom stereocenters. The number of anilines is 3. The average molecular weight is 522 g/mol. The van der Waals surface area contributed by atoms with Crippen LogP contribution >= 0.6 is 0 Å². The van der Waals surface area contributed by atoms with E-state index in [1.165, 1.54) is 0 Å². The molecule has 0 aromatic carbocycles. The fourth-order valence-corrected chi connectivity index (χ4v) is 4.24. The van der Waals surface area contributed by atoms with Gasteiger partial charge in [-0.15, -0.1) is 0 Å². The number of hydrogen-bond donors (Lipinski definition) is 2. The summed E-state index contributed by atoms with van der Waals surface area (Å²) in [4.78, 5) is 27.4. The highest BCUT2D eigenvalue weighted by Crippen LogP contribution is 2.32. The van der Waals surface area contributed by atoms with Crippen molar-refractivity contribution in [1.29, 1.82) is 0 Å². The van der Waals surface area contributed by atoms with Gasteiger partial charge < -0.3 is 20.1 Å². The second-order valence-corrected chi connectivity index (χ2v) is 9.47. The molecule has 200 valence electrons. The van der Waals surface area contributed by atoms with Crippen LogP contribution in [0.4, 0.5) is 30.8 Å². The maximum atomic E-state index is 12.6. The molecular formula is C24H30F3N7O3. The number of fused-ring (bicyclic) bond motifs is 1. The number of carbonyl (C=O) groups is 1. The van der Waals surface area contributed by atoms with Crippen LogP contribution in [0.25, 0.3) is 11.0 Å². The topological polar surface area (TPSA) is 118 Å². The van der Waals surface area contributed by atoms with Crippen molar-refractivity contribution in [1.82, 2.24) is 24.7 Å². The number of aliphatic carboxylic acids is 1. The van der Waals surface area contributed by atoms with Gasteiger partial charge in [0.25, 0.3) is 0 Å². The normalized spacial score (nSPS) is 16.5. The lowest BCUT2D eigenvalue weighted by atomic mass is 9.99. The highest BCUT2D eigenvalue weighted by atomic mass is 19.4. The fourth-order valence-electron chi connectivity index (χ4n) is 4.24. The third-order valence-corrected chi connectivity index (χ3v) is 6.07. The summed E-state index contributed by atoms with van der Waals surface area (Å²) in [6.45, 7) is 5.20. The minimum Gasteiger partial charge on any atom is -0.481 e. The second-order valence-electron chi connectivity index (χ2n) is 9.47. The standard InChI is InChI=1S/C24H30F3N7O3/c1-14(2)18-19-20(34(32-18)9-10-37-13-24(25,26)27)21(29-17-7-6-15(3)11-28-17)31-23(30-19)33-8-4-5-16(12-33)22(35)36/h6-7,11,14,16H,4-5,8-10,12-13H2,1-3H3,(H,35,36)(H,28,29,30,31)/t16-/m0/s1. The highest BCUT2D eigenvalue weighted by molar-refractivity contribution is 5.90. The molecule has 1 saturated heterocycles. The summed E-state index contributed by atoms with van der Waals surface area (Å²) in [6, 6.07) is 3.68. The molecular weight excluding hydrogens is 491 g/mol. The zero-order chi connectivity index (χ0) is 26.7. The summed E-state index contributed by atoms with van der Waals surface area (Å²) in [5.74, 6) is -0.164. The quantitative estimate of drug-likeness (QED) is 0.398. The molecule has 1 aliphatic rings.